The van der Waals surface area contributed by atoms with Gasteiger partial charge in [-0.2, -0.15) is 0 Å². The summed E-state index contributed by atoms with van der Waals surface area (Å²) in [5.41, 5.74) is 1.14. The highest BCUT2D eigenvalue weighted by Gasteiger charge is 2.29. The van der Waals surface area contributed by atoms with Crippen LogP contribution in [0.2, 0.25) is 0 Å². The Labute approximate surface area is 116 Å². The first-order valence-electron chi connectivity index (χ1n) is 6.82. The van der Waals surface area contributed by atoms with Gasteiger partial charge in [0.05, 0.1) is 0 Å². The summed E-state index contributed by atoms with van der Waals surface area (Å²) in [4.78, 5) is 13.3. The topological polar surface area (TPSA) is 40.5 Å². The van der Waals surface area contributed by atoms with Gasteiger partial charge in [-0.3, -0.25) is 9.69 Å². The Hall–Kier alpha value is -1.35. The van der Waals surface area contributed by atoms with E-state index in [0.29, 0.717) is 6.42 Å². The summed E-state index contributed by atoms with van der Waals surface area (Å²) in [5, 5.41) is 9.36. The van der Waals surface area contributed by atoms with E-state index in [2.05, 4.69) is 12.1 Å². The second-order valence-electron chi connectivity index (χ2n) is 6.01. The number of likely N-dealkylation sites (N-methyl/N-ethyl adjacent to an activating group) is 1. The van der Waals surface area contributed by atoms with Crippen LogP contribution in [-0.2, 0) is 11.2 Å². The zero-order valence-corrected chi connectivity index (χ0v) is 12.4. The SMILES string of the molecule is CN(C(CCCc1ccccc1)C(=O)O)C(C)(C)C. The highest BCUT2D eigenvalue weighted by atomic mass is 16.4. The molecule has 0 aromatic heterocycles. The fourth-order valence-corrected chi connectivity index (χ4v) is 2.09. The molecule has 1 aromatic rings. The Morgan fingerprint density at radius 3 is 2.32 bits per heavy atom. The second kappa shape index (κ2) is 6.71. The molecule has 0 aliphatic rings. The van der Waals surface area contributed by atoms with Gasteiger partial charge in [0.25, 0.3) is 0 Å². The van der Waals surface area contributed by atoms with Crippen LogP contribution in [0.25, 0.3) is 0 Å². The molecule has 0 amide bonds. The quantitative estimate of drug-likeness (QED) is 0.857. The van der Waals surface area contributed by atoms with Crippen LogP contribution in [0, 0.1) is 0 Å². The molecule has 1 aromatic carbocycles. The lowest BCUT2D eigenvalue weighted by molar-refractivity contribution is -0.145. The third-order valence-corrected chi connectivity index (χ3v) is 3.60. The molecule has 0 aliphatic carbocycles. The van der Waals surface area contributed by atoms with Gasteiger partial charge < -0.3 is 5.11 Å². The predicted molar refractivity (Wildman–Crippen MR) is 78.3 cm³/mol. The van der Waals surface area contributed by atoms with Gasteiger partial charge >= 0.3 is 5.97 Å². The molecule has 0 radical (unpaired) electrons. The minimum Gasteiger partial charge on any atom is -0.480 e. The molecule has 1 rings (SSSR count). The molecule has 3 nitrogen and oxygen atoms in total. The summed E-state index contributed by atoms with van der Waals surface area (Å²) in [5.74, 6) is -0.731. The van der Waals surface area contributed by atoms with Gasteiger partial charge in [0.15, 0.2) is 0 Å². The van der Waals surface area contributed by atoms with E-state index in [0.717, 1.165) is 12.8 Å². The average Bonchev–Trinajstić information content (AvgIpc) is 2.33. The number of aliphatic carboxylic acids is 1. The number of nitrogens with zero attached hydrogens (tertiary/aromatic N) is 1. The minimum absolute atomic E-state index is 0.129. The Kier molecular flexibility index (Phi) is 5.55. The zero-order chi connectivity index (χ0) is 14.5. The number of carboxylic acids is 1. The van der Waals surface area contributed by atoms with Crippen LogP contribution >= 0.6 is 0 Å². The first kappa shape index (κ1) is 15.7. The molecule has 19 heavy (non-hydrogen) atoms. The summed E-state index contributed by atoms with van der Waals surface area (Å²) in [7, 11) is 1.89. The Morgan fingerprint density at radius 2 is 1.84 bits per heavy atom. The summed E-state index contributed by atoms with van der Waals surface area (Å²) in [6, 6.07) is 9.80. The van der Waals surface area contributed by atoms with Crippen LogP contribution < -0.4 is 0 Å². The number of carboxylic acid groups (broad SMARTS) is 1. The van der Waals surface area contributed by atoms with Gasteiger partial charge in [0.2, 0.25) is 0 Å². The Bertz CT molecular complexity index is 395. The van der Waals surface area contributed by atoms with Crippen LogP contribution in [0.5, 0.6) is 0 Å². The van der Waals surface area contributed by atoms with Gasteiger partial charge in [-0.05, 0) is 52.6 Å². The average molecular weight is 263 g/mol. The molecule has 1 atom stereocenters. The normalized spacial score (nSPS) is 13.5. The van der Waals surface area contributed by atoms with Crippen molar-refractivity contribution in [3.63, 3.8) is 0 Å². The lowest BCUT2D eigenvalue weighted by Gasteiger charge is -2.36. The van der Waals surface area contributed by atoms with E-state index in [4.69, 9.17) is 0 Å². The highest BCUT2D eigenvalue weighted by molar-refractivity contribution is 5.73. The van der Waals surface area contributed by atoms with Crippen molar-refractivity contribution < 1.29 is 9.90 Å². The van der Waals surface area contributed by atoms with E-state index in [9.17, 15) is 9.90 Å². The molecule has 0 spiro atoms. The summed E-state index contributed by atoms with van der Waals surface area (Å²) in [6.07, 6.45) is 2.50. The fraction of sp³-hybridized carbons (Fsp3) is 0.562. The summed E-state index contributed by atoms with van der Waals surface area (Å²) >= 11 is 0. The lowest BCUT2D eigenvalue weighted by atomic mass is 9.99. The van der Waals surface area contributed by atoms with E-state index in [1.165, 1.54) is 5.56 Å². The summed E-state index contributed by atoms with van der Waals surface area (Å²) in [6.45, 7) is 6.13. The van der Waals surface area contributed by atoms with E-state index in [1.54, 1.807) is 0 Å². The van der Waals surface area contributed by atoms with Crippen molar-refractivity contribution in [2.45, 2.75) is 51.6 Å². The lowest BCUT2D eigenvalue weighted by Crippen LogP contribution is -2.49. The maximum absolute atomic E-state index is 11.4. The van der Waals surface area contributed by atoms with E-state index in [1.807, 2.05) is 50.9 Å². The molecular formula is C16H25NO2. The van der Waals surface area contributed by atoms with E-state index < -0.39 is 12.0 Å². The second-order valence-corrected chi connectivity index (χ2v) is 6.01. The molecular weight excluding hydrogens is 238 g/mol. The van der Waals surface area contributed by atoms with E-state index in [-0.39, 0.29) is 5.54 Å². The van der Waals surface area contributed by atoms with Crippen LogP contribution in [0.3, 0.4) is 0 Å². The number of benzene rings is 1. The molecule has 0 saturated carbocycles. The Morgan fingerprint density at radius 1 is 1.26 bits per heavy atom. The zero-order valence-electron chi connectivity index (χ0n) is 12.4. The van der Waals surface area contributed by atoms with Crippen LogP contribution in [0.1, 0.15) is 39.2 Å². The van der Waals surface area contributed by atoms with Gasteiger partial charge in [0.1, 0.15) is 6.04 Å². The fourth-order valence-electron chi connectivity index (χ4n) is 2.09. The molecule has 0 bridgehead atoms. The maximum atomic E-state index is 11.4. The first-order chi connectivity index (χ1) is 8.82. The van der Waals surface area contributed by atoms with Crippen LogP contribution in [-0.4, -0.2) is 34.6 Å². The standard InChI is InChI=1S/C16H25NO2/c1-16(2,3)17(4)14(15(18)19)12-8-11-13-9-6-5-7-10-13/h5-7,9-10,14H,8,11-12H2,1-4H3,(H,18,19). The van der Waals surface area contributed by atoms with Gasteiger partial charge in [-0.1, -0.05) is 30.3 Å². The predicted octanol–water partition coefficient (Wildman–Crippen LogP) is 3.19. The largest absolute Gasteiger partial charge is 0.480 e. The maximum Gasteiger partial charge on any atom is 0.320 e. The van der Waals surface area contributed by atoms with Crippen molar-refractivity contribution in [3.8, 4) is 0 Å². The Balaban J connectivity index is 2.54. The van der Waals surface area contributed by atoms with E-state index >= 15 is 0 Å². The van der Waals surface area contributed by atoms with Crippen molar-refractivity contribution in [1.82, 2.24) is 4.90 Å². The van der Waals surface area contributed by atoms with Gasteiger partial charge in [-0.25, -0.2) is 0 Å². The van der Waals surface area contributed by atoms with Crippen molar-refractivity contribution in [3.05, 3.63) is 35.9 Å². The van der Waals surface area contributed by atoms with Gasteiger partial charge in [-0.15, -0.1) is 0 Å². The summed E-state index contributed by atoms with van der Waals surface area (Å²) < 4.78 is 0. The van der Waals surface area contributed by atoms with Crippen molar-refractivity contribution in [2.24, 2.45) is 0 Å². The van der Waals surface area contributed by atoms with Crippen molar-refractivity contribution >= 4 is 5.97 Å². The van der Waals surface area contributed by atoms with Crippen molar-refractivity contribution in [1.29, 1.82) is 0 Å². The number of aryl methyl sites for hydroxylation is 1. The molecule has 106 valence electrons. The number of hydrogen-bond acceptors (Lipinski definition) is 2. The first-order valence-corrected chi connectivity index (χ1v) is 6.82. The molecule has 3 heteroatoms. The highest BCUT2D eigenvalue weighted by Crippen LogP contribution is 2.18. The molecule has 0 aliphatic heterocycles. The third-order valence-electron chi connectivity index (χ3n) is 3.60. The van der Waals surface area contributed by atoms with Crippen LogP contribution in [0.15, 0.2) is 30.3 Å². The third kappa shape index (κ3) is 5.03. The molecule has 1 unspecified atom stereocenters. The van der Waals surface area contributed by atoms with Crippen LogP contribution in [0.4, 0.5) is 0 Å². The molecule has 0 saturated heterocycles. The number of carbonyl (C=O) groups is 1. The van der Waals surface area contributed by atoms with Gasteiger partial charge in [0, 0.05) is 5.54 Å². The smallest absolute Gasteiger partial charge is 0.320 e. The van der Waals surface area contributed by atoms with Crippen molar-refractivity contribution in [2.75, 3.05) is 7.05 Å². The number of hydrogen-bond donors (Lipinski definition) is 1. The molecule has 1 N–H and O–H groups in total. The number of rotatable bonds is 6. The molecule has 0 fully saturated rings. The minimum atomic E-state index is -0.731. The molecule has 0 heterocycles. The monoisotopic (exact) mass is 263 g/mol.